The number of esters is 1. The third-order valence-corrected chi connectivity index (χ3v) is 5.53. The number of pyridine rings is 1. The minimum atomic E-state index is -0.800. The molecule has 3 N–H and O–H groups in total. The standard InChI is InChI=1S/C26H28FN3O5/c1-5-35-22(31)13-21(28-26(34)29-23-24(32)16(3)14-30(4)25(23)33)19-8-6-7-17(12-19)18-9-10-20(27)15(2)11-18/h6-12,14,21,32H,5,13H2,1-4H3,(H2,28,29,34)/t21-/m0/s1. The highest BCUT2D eigenvalue weighted by molar-refractivity contribution is 5.91. The Morgan fingerprint density at radius 1 is 1.11 bits per heavy atom. The normalized spacial score (nSPS) is 11.6. The molecular weight excluding hydrogens is 453 g/mol. The van der Waals surface area contributed by atoms with Crippen LogP contribution in [0.4, 0.5) is 14.9 Å². The molecule has 0 radical (unpaired) electrons. The Hall–Kier alpha value is -4.14. The second kappa shape index (κ2) is 10.9. The number of hydrogen-bond donors (Lipinski definition) is 3. The van der Waals surface area contributed by atoms with Crippen LogP contribution < -0.4 is 16.2 Å². The molecule has 0 spiro atoms. The van der Waals surface area contributed by atoms with Gasteiger partial charge in [0.1, 0.15) is 11.6 Å². The molecule has 0 saturated heterocycles. The summed E-state index contributed by atoms with van der Waals surface area (Å²) in [6.07, 6.45) is 1.29. The second-order valence-corrected chi connectivity index (χ2v) is 8.20. The van der Waals surface area contributed by atoms with Crippen molar-refractivity contribution in [3.05, 3.63) is 81.5 Å². The fourth-order valence-corrected chi connectivity index (χ4v) is 3.70. The van der Waals surface area contributed by atoms with Gasteiger partial charge in [0.25, 0.3) is 5.56 Å². The molecule has 0 aliphatic rings. The van der Waals surface area contributed by atoms with Crippen LogP contribution >= 0.6 is 0 Å². The Bertz CT molecular complexity index is 1320. The van der Waals surface area contributed by atoms with Crippen LogP contribution in [0.2, 0.25) is 0 Å². The van der Waals surface area contributed by atoms with Crippen molar-refractivity contribution in [2.45, 2.75) is 33.2 Å². The lowest BCUT2D eigenvalue weighted by molar-refractivity contribution is -0.143. The van der Waals surface area contributed by atoms with Crippen LogP contribution in [0.15, 0.2) is 53.5 Å². The molecule has 2 aromatic carbocycles. The number of nitrogens with one attached hydrogen (secondary N) is 2. The number of benzene rings is 2. The molecule has 0 aliphatic carbocycles. The van der Waals surface area contributed by atoms with Gasteiger partial charge >= 0.3 is 12.0 Å². The molecule has 1 heterocycles. The van der Waals surface area contributed by atoms with Gasteiger partial charge in [-0.25, -0.2) is 9.18 Å². The molecule has 0 aliphatic heterocycles. The number of ether oxygens (including phenoxy) is 1. The number of halogens is 1. The van der Waals surface area contributed by atoms with E-state index in [1.54, 1.807) is 51.1 Å². The maximum Gasteiger partial charge on any atom is 0.319 e. The van der Waals surface area contributed by atoms with Gasteiger partial charge in [0.05, 0.1) is 19.1 Å². The van der Waals surface area contributed by atoms with Crippen LogP contribution in [0.1, 0.15) is 36.1 Å². The molecule has 0 saturated carbocycles. The molecule has 3 rings (SSSR count). The van der Waals surface area contributed by atoms with Crippen LogP contribution in [0.3, 0.4) is 0 Å². The van der Waals surface area contributed by atoms with E-state index in [4.69, 9.17) is 4.74 Å². The number of nitrogens with zero attached hydrogens (tertiary/aromatic N) is 1. The van der Waals surface area contributed by atoms with Crippen molar-refractivity contribution in [1.82, 2.24) is 9.88 Å². The van der Waals surface area contributed by atoms with E-state index in [1.165, 1.54) is 23.9 Å². The summed E-state index contributed by atoms with van der Waals surface area (Å²) in [6.45, 7) is 5.13. The zero-order valence-corrected chi connectivity index (χ0v) is 20.0. The van der Waals surface area contributed by atoms with E-state index in [0.717, 1.165) is 11.1 Å². The molecule has 3 aromatic rings. The molecule has 0 fully saturated rings. The van der Waals surface area contributed by atoms with Crippen LogP contribution in [0.25, 0.3) is 11.1 Å². The molecule has 1 aromatic heterocycles. The number of aromatic nitrogens is 1. The summed E-state index contributed by atoms with van der Waals surface area (Å²) < 4.78 is 20.0. The predicted octanol–water partition coefficient (Wildman–Crippen LogP) is 4.33. The zero-order valence-electron chi connectivity index (χ0n) is 20.0. The number of rotatable bonds is 7. The molecular formula is C26H28FN3O5. The zero-order chi connectivity index (χ0) is 25.7. The molecule has 2 amide bonds. The molecule has 35 heavy (non-hydrogen) atoms. The van der Waals surface area contributed by atoms with Crippen LogP contribution in [-0.2, 0) is 16.6 Å². The van der Waals surface area contributed by atoms with Crippen molar-refractivity contribution in [2.24, 2.45) is 7.05 Å². The summed E-state index contributed by atoms with van der Waals surface area (Å²) in [6, 6.07) is 10.3. The number of aryl methyl sites for hydroxylation is 3. The number of carbonyl (C=O) groups is 2. The lowest BCUT2D eigenvalue weighted by Crippen LogP contribution is -2.36. The van der Waals surface area contributed by atoms with E-state index < -0.39 is 23.6 Å². The molecule has 1 atom stereocenters. The molecule has 9 heteroatoms. The van der Waals surface area contributed by atoms with Crippen LogP contribution in [-0.4, -0.2) is 28.3 Å². The van der Waals surface area contributed by atoms with Gasteiger partial charge in [0, 0.05) is 18.8 Å². The largest absolute Gasteiger partial charge is 0.505 e. The van der Waals surface area contributed by atoms with Crippen molar-refractivity contribution >= 4 is 17.7 Å². The SMILES string of the molecule is CCOC(=O)C[C@H](NC(=O)Nc1c(O)c(C)cn(C)c1=O)c1cccc(-c2ccc(F)c(C)c2)c1. The average molecular weight is 482 g/mol. The molecule has 0 bridgehead atoms. The Labute approximate surface area is 202 Å². The first-order valence-electron chi connectivity index (χ1n) is 11.1. The van der Waals surface area contributed by atoms with Gasteiger partial charge < -0.3 is 25.0 Å². The van der Waals surface area contributed by atoms with Gasteiger partial charge in [0.2, 0.25) is 0 Å². The quantitative estimate of drug-likeness (QED) is 0.435. The maximum atomic E-state index is 13.7. The summed E-state index contributed by atoms with van der Waals surface area (Å²) >= 11 is 0. The van der Waals surface area contributed by atoms with E-state index in [2.05, 4.69) is 10.6 Å². The number of hydrogen-bond acceptors (Lipinski definition) is 5. The summed E-state index contributed by atoms with van der Waals surface area (Å²) in [5, 5.41) is 15.4. The van der Waals surface area contributed by atoms with E-state index in [0.29, 0.717) is 16.7 Å². The summed E-state index contributed by atoms with van der Waals surface area (Å²) in [4.78, 5) is 37.5. The predicted molar refractivity (Wildman–Crippen MR) is 131 cm³/mol. The lowest BCUT2D eigenvalue weighted by Gasteiger charge is -2.20. The van der Waals surface area contributed by atoms with E-state index in [-0.39, 0.29) is 30.3 Å². The van der Waals surface area contributed by atoms with E-state index in [1.807, 2.05) is 6.07 Å². The summed E-state index contributed by atoms with van der Waals surface area (Å²) in [5.74, 6) is -1.16. The summed E-state index contributed by atoms with van der Waals surface area (Å²) in [5.41, 5.74) is 2.20. The van der Waals surface area contributed by atoms with Crippen molar-refractivity contribution < 1.29 is 23.8 Å². The highest BCUT2D eigenvalue weighted by atomic mass is 19.1. The lowest BCUT2D eigenvalue weighted by atomic mass is 9.97. The van der Waals surface area contributed by atoms with Crippen molar-refractivity contribution in [3.8, 4) is 16.9 Å². The van der Waals surface area contributed by atoms with Gasteiger partial charge in [-0.05, 0) is 61.2 Å². The van der Waals surface area contributed by atoms with Gasteiger partial charge in [-0.3, -0.25) is 9.59 Å². The van der Waals surface area contributed by atoms with Crippen molar-refractivity contribution in [2.75, 3.05) is 11.9 Å². The Kier molecular flexibility index (Phi) is 7.91. The Morgan fingerprint density at radius 3 is 2.51 bits per heavy atom. The number of carbonyl (C=O) groups excluding carboxylic acids is 2. The van der Waals surface area contributed by atoms with Gasteiger partial charge in [-0.15, -0.1) is 0 Å². The van der Waals surface area contributed by atoms with Crippen molar-refractivity contribution in [3.63, 3.8) is 0 Å². The van der Waals surface area contributed by atoms with Crippen LogP contribution in [0, 0.1) is 19.7 Å². The van der Waals surface area contributed by atoms with Gasteiger partial charge in [-0.1, -0.05) is 24.3 Å². The fourth-order valence-electron chi connectivity index (χ4n) is 3.70. The minimum absolute atomic E-state index is 0.162. The number of amides is 2. The van der Waals surface area contributed by atoms with Crippen LogP contribution in [0.5, 0.6) is 5.75 Å². The highest BCUT2D eigenvalue weighted by Crippen LogP contribution is 2.27. The van der Waals surface area contributed by atoms with E-state index >= 15 is 0 Å². The Balaban J connectivity index is 1.91. The van der Waals surface area contributed by atoms with Crippen molar-refractivity contribution in [1.29, 1.82) is 0 Å². The molecule has 184 valence electrons. The first kappa shape index (κ1) is 25.5. The van der Waals surface area contributed by atoms with Gasteiger partial charge in [0.15, 0.2) is 5.69 Å². The first-order valence-corrected chi connectivity index (χ1v) is 11.1. The Morgan fingerprint density at radius 2 is 1.83 bits per heavy atom. The minimum Gasteiger partial charge on any atom is -0.505 e. The molecule has 8 nitrogen and oxygen atoms in total. The number of urea groups is 1. The topological polar surface area (TPSA) is 110 Å². The maximum absolute atomic E-state index is 13.7. The monoisotopic (exact) mass is 481 g/mol. The smallest absolute Gasteiger partial charge is 0.319 e. The molecule has 0 unspecified atom stereocenters. The third-order valence-electron chi connectivity index (χ3n) is 5.53. The van der Waals surface area contributed by atoms with E-state index in [9.17, 15) is 23.9 Å². The first-order chi connectivity index (χ1) is 16.6. The third kappa shape index (κ3) is 6.06. The average Bonchev–Trinajstić information content (AvgIpc) is 2.82. The number of anilines is 1. The fraction of sp³-hybridized carbons (Fsp3) is 0.269. The second-order valence-electron chi connectivity index (χ2n) is 8.20. The summed E-state index contributed by atoms with van der Waals surface area (Å²) in [7, 11) is 1.50. The number of aromatic hydroxyl groups is 1. The van der Waals surface area contributed by atoms with Gasteiger partial charge in [-0.2, -0.15) is 0 Å². The highest BCUT2D eigenvalue weighted by Gasteiger charge is 2.22.